The Balaban J connectivity index is 2.89. The normalized spacial score (nSPS) is 10.4. The highest BCUT2D eigenvalue weighted by Crippen LogP contribution is 2.25. The molecule has 1 rings (SSSR count). The van der Waals surface area contributed by atoms with Gasteiger partial charge in [0.15, 0.2) is 0 Å². The zero-order valence-corrected chi connectivity index (χ0v) is 11.6. The van der Waals surface area contributed by atoms with Crippen molar-refractivity contribution in [1.82, 2.24) is 0 Å². The number of anilines is 1. The number of hydrogen-bond donors (Lipinski definition) is 1. The summed E-state index contributed by atoms with van der Waals surface area (Å²) in [5.74, 6) is -0.734. The minimum atomic E-state index is -0.734. The Bertz CT molecular complexity index is 381. The van der Waals surface area contributed by atoms with E-state index >= 15 is 0 Å². The number of aryl methyl sites for hydroxylation is 2. The van der Waals surface area contributed by atoms with E-state index in [4.69, 9.17) is 5.11 Å². The molecule has 0 bridgehead atoms. The fraction of sp³-hybridized carbons (Fsp3) is 0.533. The first kappa shape index (κ1) is 14.6. The summed E-state index contributed by atoms with van der Waals surface area (Å²) >= 11 is 0. The van der Waals surface area contributed by atoms with Crippen LogP contribution in [-0.2, 0) is 4.79 Å². The minimum Gasteiger partial charge on any atom is -0.481 e. The topological polar surface area (TPSA) is 40.5 Å². The van der Waals surface area contributed by atoms with Gasteiger partial charge in [-0.05, 0) is 31.4 Å². The lowest BCUT2D eigenvalue weighted by molar-refractivity contribution is -0.136. The zero-order chi connectivity index (χ0) is 13.5. The number of aliphatic carboxylic acids is 1. The molecule has 0 saturated carbocycles. The van der Waals surface area contributed by atoms with Gasteiger partial charge in [-0.1, -0.05) is 31.5 Å². The van der Waals surface area contributed by atoms with E-state index in [9.17, 15) is 4.79 Å². The molecule has 100 valence electrons. The summed E-state index contributed by atoms with van der Waals surface area (Å²) in [5.41, 5.74) is 3.64. The van der Waals surface area contributed by atoms with E-state index in [0.29, 0.717) is 6.54 Å². The van der Waals surface area contributed by atoms with Crippen LogP contribution in [0, 0.1) is 13.8 Å². The van der Waals surface area contributed by atoms with Crippen LogP contribution < -0.4 is 4.90 Å². The number of rotatable bonds is 7. The molecule has 1 aromatic carbocycles. The fourth-order valence-electron chi connectivity index (χ4n) is 2.22. The molecule has 0 amide bonds. The Hall–Kier alpha value is -1.51. The Morgan fingerprint density at radius 2 is 1.83 bits per heavy atom. The summed E-state index contributed by atoms with van der Waals surface area (Å²) in [5, 5.41) is 8.85. The molecule has 1 N–H and O–H groups in total. The van der Waals surface area contributed by atoms with Crippen molar-refractivity contribution < 1.29 is 9.90 Å². The molecular weight excluding hydrogens is 226 g/mol. The average molecular weight is 249 g/mol. The number of para-hydroxylation sites is 1. The Morgan fingerprint density at radius 1 is 1.22 bits per heavy atom. The minimum absolute atomic E-state index is 0.192. The van der Waals surface area contributed by atoms with E-state index in [1.807, 2.05) is 6.07 Å². The summed E-state index contributed by atoms with van der Waals surface area (Å²) in [6.45, 7) is 7.83. The van der Waals surface area contributed by atoms with Crippen molar-refractivity contribution in [3.05, 3.63) is 29.3 Å². The molecule has 0 unspecified atom stereocenters. The van der Waals surface area contributed by atoms with Crippen LogP contribution in [0.4, 0.5) is 5.69 Å². The summed E-state index contributed by atoms with van der Waals surface area (Å²) in [7, 11) is 0. The number of nitrogens with zero attached hydrogens (tertiary/aromatic N) is 1. The summed E-state index contributed by atoms with van der Waals surface area (Å²) in [4.78, 5) is 13.0. The molecule has 3 nitrogen and oxygen atoms in total. The standard InChI is InChI=1S/C15H23NO2/c1-4-5-10-16(11-9-14(17)18)15-12(2)7-6-8-13(15)3/h6-8H,4-5,9-11H2,1-3H3,(H,17,18). The predicted octanol–water partition coefficient (Wildman–Crippen LogP) is 3.38. The van der Waals surface area contributed by atoms with Crippen molar-refractivity contribution in [2.24, 2.45) is 0 Å². The van der Waals surface area contributed by atoms with Crippen LogP contribution >= 0.6 is 0 Å². The van der Waals surface area contributed by atoms with Gasteiger partial charge in [-0.3, -0.25) is 4.79 Å². The quantitative estimate of drug-likeness (QED) is 0.805. The van der Waals surface area contributed by atoms with Crippen LogP contribution in [0.3, 0.4) is 0 Å². The molecule has 0 aromatic heterocycles. The molecule has 0 atom stereocenters. The van der Waals surface area contributed by atoms with Gasteiger partial charge in [0, 0.05) is 18.8 Å². The second-order valence-electron chi connectivity index (χ2n) is 4.72. The first-order valence-corrected chi connectivity index (χ1v) is 6.59. The van der Waals surface area contributed by atoms with Crippen molar-refractivity contribution in [2.45, 2.75) is 40.0 Å². The molecule has 1 aromatic rings. The summed E-state index contributed by atoms with van der Waals surface area (Å²) in [6, 6.07) is 6.22. The molecule has 18 heavy (non-hydrogen) atoms. The molecule has 0 fully saturated rings. The van der Waals surface area contributed by atoms with Crippen molar-refractivity contribution in [3.8, 4) is 0 Å². The van der Waals surface area contributed by atoms with Gasteiger partial charge >= 0.3 is 5.97 Å². The third-order valence-electron chi connectivity index (χ3n) is 3.13. The fourth-order valence-corrected chi connectivity index (χ4v) is 2.22. The van der Waals surface area contributed by atoms with Crippen LogP contribution in [0.15, 0.2) is 18.2 Å². The van der Waals surface area contributed by atoms with Crippen LogP contribution in [-0.4, -0.2) is 24.2 Å². The number of carbonyl (C=O) groups is 1. The first-order chi connectivity index (χ1) is 8.56. The van der Waals surface area contributed by atoms with Crippen LogP contribution in [0.1, 0.15) is 37.3 Å². The number of carboxylic acids is 1. The van der Waals surface area contributed by atoms with Crippen molar-refractivity contribution >= 4 is 11.7 Å². The second-order valence-corrected chi connectivity index (χ2v) is 4.72. The van der Waals surface area contributed by atoms with Gasteiger partial charge in [0.25, 0.3) is 0 Å². The molecule has 0 spiro atoms. The third kappa shape index (κ3) is 4.06. The van der Waals surface area contributed by atoms with Crippen LogP contribution in [0.25, 0.3) is 0 Å². The Labute approximate surface area is 109 Å². The lowest BCUT2D eigenvalue weighted by atomic mass is 10.1. The lowest BCUT2D eigenvalue weighted by Gasteiger charge is -2.27. The Kier molecular flexibility index (Phi) is 5.69. The predicted molar refractivity (Wildman–Crippen MR) is 75.3 cm³/mol. The number of carboxylic acid groups (broad SMARTS) is 1. The van der Waals surface area contributed by atoms with Gasteiger partial charge < -0.3 is 10.0 Å². The number of hydrogen-bond acceptors (Lipinski definition) is 2. The maximum atomic E-state index is 10.8. The van der Waals surface area contributed by atoms with Gasteiger partial charge in [0.05, 0.1) is 6.42 Å². The van der Waals surface area contributed by atoms with E-state index in [2.05, 4.69) is 37.8 Å². The highest BCUT2D eigenvalue weighted by atomic mass is 16.4. The van der Waals surface area contributed by atoms with Crippen molar-refractivity contribution in [2.75, 3.05) is 18.0 Å². The van der Waals surface area contributed by atoms with E-state index in [0.717, 1.165) is 19.4 Å². The van der Waals surface area contributed by atoms with Gasteiger partial charge in [0.2, 0.25) is 0 Å². The Morgan fingerprint density at radius 3 is 2.33 bits per heavy atom. The van der Waals surface area contributed by atoms with Gasteiger partial charge in [-0.15, -0.1) is 0 Å². The molecule has 0 aliphatic rings. The average Bonchev–Trinajstić information content (AvgIpc) is 2.31. The van der Waals surface area contributed by atoms with Crippen molar-refractivity contribution in [1.29, 1.82) is 0 Å². The first-order valence-electron chi connectivity index (χ1n) is 6.59. The zero-order valence-electron chi connectivity index (χ0n) is 11.6. The number of benzene rings is 1. The molecule has 0 saturated heterocycles. The second kappa shape index (κ2) is 7.04. The molecule has 3 heteroatoms. The summed E-state index contributed by atoms with van der Waals surface area (Å²) < 4.78 is 0. The monoisotopic (exact) mass is 249 g/mol. The highest BCUT2D eigenvalue weighted by Gasteiger charge is 2.12. The van der Waals surface area contributed by atoms with E-state index < -0.39 is 5.97 Å². The third-order valence-corrected chi connectivity index (χ3v) is 3.13. The molecule has 0 heterocycles. The van der Waals surface area contributed by atoms with Crippen LogP contribution in [0.5, 0.6) is 0 Å². The maximum absolute atomic E-state index is 10.8. The molecular formula is C15H23NO2. The summed E-state index contributed by atoms with van der Waals surface area (Å²) in [6.07, 6.45) is 2.40. The van der Waals surface area contributed by atoms with E-state index in [1.54, 1.807) is 0 Å². The smallest absolute Gasteiger partial charge is 0.305 e. The number of unbranched alkanes of at least 4 members (excludes halogenated alkanes) is 1. The molecule has 0 aliphatic heterocycles. The van der Waals surface area contributed by atoms with E-state index in [-0.39, 0.29) is 6.42 Å². The van der Waals surface area contributed by atoms with Crippen molar-refractivity contribution in [3.63, 3.8) is 0 Å². The largest absolute Gasteiger partial charge is 0.481 e. The van der Waals surface area contributed by atoms with Crippen LogP contribution in [0.2, 0.25) is 0 Å². The molecule has 0 radical (unpaired) electrons. The lowest BCUT2D eigenvalue weighted by Crippen LogP contribution is -2.28. The van der Waals surface area contributed by atoms with Gasteiger partial charge in [-0.25, -0.2) is 0 Å². The van der Waals surface area contributed by atoms with Gasteiger partial charge in [0.1, 0.15) is 0 Å². The highest BCUT2D eigenvalue weighted by molar-refractivity contribution is 5.68. The van der Waals surface area contributed by atoms with E-state index in [1.165, 1.54) is 16.8 Å². The molecule has 0 aliphatic carbocycles. The maximum Gasteiger partial charge on any atom is 0.305 e. The SMILES string of the molecule is CCCCN(CCC(=O)O)c1c(C)cccc1C. The van der Waals surface area contributed by atoms with Gasteiger partial charge in [-0.2, -0.15) is 0 Å².